The summed E-state index contributed by atoms with van der Waals surface area (Å²) < 4.78 is 27.5. The summed E-state index contributed by atoms with van der Waals surface area (Å²) in [4.78, 5) is 16.2. The molecule has 1 saturated heterocycles. The predicted molar refractivity (Wildman–Crippen MR) is 127 cm³/mol. The molecular formula is C28H34F2N2O. The van der Waals surface area contributed by atoms with Crippen molar-refractivity contribution in [3.8, 4) is 0 Å². The smallest absolute Gasteiger partial charge is 0.155 e. The molecule has 2 aromatic rings. The first kappa shape index (κ1) is 22.5. The third-order valence-electron chi connectivity index (χ3n) is 8.04. The number of carbonyl (C=O) groups is 1. The van der Waals surface area contributed by atoms with E-state index in [9.17, 15) is 13.6 Å². The third-order valence-corrected chi connectivity index (χ3v) is 8.04. The Morgan fingerprint density at radius 1 is 0.909 bits per heavy atom. The first-order valence-electron chi connectivity index (χ1n) is 12.7. The van der Waals surface area contributed by atoms with Gasteiger partial charge in [0.15, 0.2) is 5.78 Å². The van der Waals surface area contributed by atoms with Crippen molar-refractivity contribution in [2.45, 2.75) is 75.8 Å². The molecule has 2 aliphatic heterocycles. The summed E-state index contributed by atoms with van der Waals surface area (Å²) in [7, 11) is 0. The highest BCUT2D eigenvalue weighted by molar-refractivity contribution is 5.88. The fourth-order valence-electron chi connectivity index (χ4n) is 6.28. The average Bonchev–Trinajstić information content (AvgIpc) is 2.84. The van der Waals surface area contributed by atoms with Gasteiger partial charge in [0.2, 0.25) is 0 Å². The molecule has 0 aromatic heterocycles. The second-order valence-corrected chi connectivity index (χ2v) is 10.1. The van der Waals surface area contributed by atoms with Crippen LogP contribution in [0, 0.1) is 17.6 Å². The maximum Gasteiger partial charge on any atom is 0.155 e. The number of para-hydroxylation sites is 1. The Labute approximate surface area is 195 Å². The number of benzene rings is 2. The number of piperidine rings is 1. The monoisotopic (exact) mass is 452 g/mol. The second kappa shape index (κ2) is 9.92. The number of nitrogens with zero attached hydrogens (tertiary/aromatic N) is 1. The van der Waals surface area contributed by atoms with Crippen LogP contribution in [0.4, 0.5) is 14.5 Å². The van der Waals surface area contributed by atoms with Gasteiger partial charge >= 0.3 is 0 Å². The Morgan fingerprint density at radius 2 is 1.61 bits per heavy atom. The predicted octanol–water partition coefficient (Wildman–Crippen LogP) is 6.09. The largest absolute Gasteiger partial charge is 0.380 e. The Balaban J connectivity index is 1.34. The second-order valence-electron chi connectivity index (χ2n) is 10.1. The number of rotatable bonds is 5. The number of anilines is 1. The van der Waals surface area contributed by atoms with Crippen LogP contribution in [0.1, 0.15) is 68.4 Å². The van der Waals surface area contributed by atoms with Gasteiger partial charge in [-0.05, 0) is 86.9 Å². The van der Waals surface area contributed by atoms with E-state index in [-0.39, 0.29) is 23.9 Å². The molecule has 2 unspecified atom stereocenters. The first-order valence-corrected chi connectivity index (χ1v) is 12.7. The van der Waals surface area contributed by atoms with Crippen LogP contribution in [-0.4, -0.2) is 35.9 Å². The Hall–Kier alpha value is -2.27. The van der Waals surface area contributed by atoms with Gasteiger partial charge in [-0.25, -0.2) is 8.78 Å². The summed E-state index contributed by atoms with van der Waals surface area (Å²) in [6, 6.07) is 12.3. The zero-order chi connectivity index (χ0) is 22.8. The molecule has 5 heteroatoms. The van der Waals surface area contributed by atoms with Crippen LogP contribution in [0.3, 0.4) is 0 Å². The summed E-state index contributed by atoms with van der Waals surface area (Å²) in [6.07, 6.45) is 9.14. The van der Waals surface area contributed by atoms with E-state index >= 15 is 0 Å². The minimum absolute atomic E-state index is 0.109. The van der Waals surface area contributed by atoms with Crippen LogP contribution in [0.25, 0.3) is 0 Å². The molecule has 3 nitrogen and oxygen atoms in total. The van der Waals surface area contributed by atoms with Crippen molar-refractivity contribution < 1.29 is 13.6 Å². The number of fused-ring (bicyclic) bond motifs is 1. The van der Waals surface area contributed by atoms with E-state index in [1.165, 1.54) is 24.1 Å². The lowest BCUT2D eigenvalue weighted by Crippen LogP contribution is -2.56. The number of carbonyl (C=O) groups excluding carboxylic acids is 1. The Kier molecular flexibility index (Phi) is 6.77. The summed E-state index contributed by atoms with van der Waals surface area (Å²) in [5.74, 6) is -0.317. The fraction of sp³-hybridized carbons (Fsp3) is 0.536. The number of hydrogen-bond donors (Lipinski definition) is 1. The third kappa shape index (κ3) is 4.98. The highest BCUT2D eigenvalue weighted by atomic mass is 19.1. The number of ketones is 1. The molecule has 176 valence electrons. The number of hydrogen-bond acceptors (Lipinski definition) is 3. The van der Waals surface area contributed by atoms with Gasteiger partial charge < -0.3 is 5.32 Å². The molecule has 1 N–H and O–H groups in total. The van der Waals surface area contributed by atoms with Crippen molar-refractivity contribution in [1.82, 2.24) is 4.90 Å². The molecule has 2 atom stereocenters. The van der Waals surface area contributed by atoms with E-state index in [0.29, 0.717) is 5.78 Å². The van der Waals surface area contributed by atoms with E-state index in [1.807, 2.05) is 0 Å². The highest BCUT2D eigenvalue weighted by Crippen LogP contribution is 2.35. The number of halogens is 2. The Bertz CT molecular complexity index is 959. The molecule has 0 amide bonds. The summed E-state index contributed by atoms with van der Waals surface area (Å²) in [6.45, 7) is 1.57. The van der Waals surface area contributed by atoms with Crippen LogP contribution in [0.5, 0.6) is 0 Å². The lowest BCUT2D eigenvalue weighted by atomic mass is 9.79. The molecule has 2 heterocycles. The highest BCUT2D eigenvalue weighted by Gasteiger charge is 2.40. The van der Waals surface area contributed by atoms with Gasteiger partial charge in [0, 0.05) is 23.7 Å². The topological polar surface area (TPSA) is 32.3 Å². The number of nitrogens with one attached hydrogen (secondary N) is 1. The van der Waals surface area contributed by atoms with E-state index in [2.05, 4.69) is 34.5 Å². The van der Waals surface area contributed by atoms with Crippen LogP contribution in [0.15, 0.2) is 42.5 Å². The van der Waals surface area contributed by atoms with Crippen molar-refractivity contribution >= 4 is 11.5 Å². The maximum absolute atomic E-state index is 13.9. The molecule has 3 aliphatic rings. The fourth-order valence-corrected chi connectivity index (χ4v) is 6.28. The van der Waals surface area contributed by atoms with E-state index < -0.39 is 11.6 Å². The van der Waals surface area contributed by atoms with E-state index in [0.717, 1.165) is 81.8 Å². The standard InChI is InChI=1S/C28H34F2N2O/c29-23-16-22(17-24(30)18-23)19-12-14-32(15-13-19)27(28(33)21-7-2-1-3-8-21)26-11-10-20-6-4-5-9-25(20)31-26/h4-6,9,16-19,21,26-27,31H,1-3,7-8,10-15H2. The minimum Gasteiger partial charge on any atom is -0.380 e. The van der Waals surface area contributed by atoms with Gasteiger partial charge in [-0.3, -0.25) is 9.69 Å². The van der Waals surface area contributed by atoms with E-state index in [4.69, 9.17) is 0 Å². The SMILES string of the molecule is O=C(C1CCCCC1)C(C1CCc2ccccc2N1)N1CCC(c2cc(F)cc(F)c2)CC1. The lowest BCUT2D eigenvalue weighted by Gasteiger charge is -2.43. The van der Waals surface area contributed by atoms with Crippen molar-refractivity contribution in [1.29, 1.82) is 0 Å². The molecule has 1 saturated carbocycles. The zero-order valence-corrected chi connectivity index (χ0v) is 19.2. The number of Topliss-reactive ketones (excluding diaryl/α,β-unsaturated/α-hetero) is 1. The van der Waals surface area contributed by atoms with Gasteiger partial charge in [0.25, 0.3) is 0 Å². The van der Waals surface area contributed by atoms with Crippen molar-refractivity contribution in [3.05, 3.63) is 65.2 Å². The molecule has 1 aliphatic carbocycles. The Morgan fingerprint density at radius 3 is 2.33 bits per heavy atom. The quantitative estimate of drug-likeness (QED) is 0.596. The number of likely N-dealkylation sites (tertiary alicyclic amines) is 1. The first-order chi connectivity index (χ1) is 16.1. The van der Waals surface area contributed by atoms with Crippen LogP contribution < -0.4 is 5.32 Å². The zero-order valence-electron chi connectivity index (χ0n) is 19.2. The molecular weight excluding hydrogens is 418 g/mol. The summed E-state index contributed by atoms with van der Waals surface area (Å²) >= 11 is 0. The molecule has 2 aromatic carbocycles. The molecule has 2 fully saturated rings. The molecule has 33 heavy (non-hydrogen) atoms. The molecule has 5 rings (SSSR count). The van der Waals surface area contributed by atoms with Gasteiger partial charge in [0.05, 0.1) is 6.04 Å². The molecule has 0 bridgehead atoms. The van der Waals surface area contributed by atoms with Crippen molar-refractivity contribution in [2.24, 2.45) is 5.92 Å². The summed E-state index contributed by atoms with van der Waals surface area (Å²) in [5, 5.41) is 3.71. The average molecular weight is 453 g/mol. The van der Waals surface area contributed by atoms with Crippen LogP contribution >= 0.6 is 0 Å². The summed E-state index contributed by atoms with van der Waals surface area (Å²) in [5.41, 5.74) is 3.22. The molecule has 0 spiro atoms. The lowest BCUT2D eigenvalue weighted by molar-refractivity contribution is -0.130. The minimum atomic E-state index is -0.511. The normalized spacial score (nSPS) is 23.5. The van der Waals surface area contributed by atoms with Gasteiger partial charge in [-0.15, -0.1) is 0 Å². The van der Waals surface area contributed by atoms with Gasteiger partial charge in [-0.1, -0.05) is 37.5 Å². The van der Waals surface area contributed by atoms with E-state index in [1.54, 1.807) is 0 Å². The number of aryl methyl sites for hydroxylation is 1. The van der Waals surface area contributed by atoms with Crippen LogP contribution in [0.2, 0.25) is 0 Å². The van der Waals surface area contributed by atoms with Gasteiger partial charge in [0.1, 0.15) is 11.6 Å². The van der Waals surface area contributed by atoms with Gasteiger partial charge in [-0.2, -0.15) is 0 Å². The maximum atomic E-state index is 13.9. The van der Waals surface area contributed by atoms with Crippen molar-refractivity contribution in [3.63, 3.8) is 0 Å². The molecule has 0 radical (unpaired) electrons. The van der Waals surface area contributed by atoms with Crippen molar-refractivity contribution in [2.75, 3.05) is 18.4 Å². The van der Waals surface area contributed by atoms with Crippen LogP contribution in [-0.2, 0) is 11.2 Å².